The van der Waals surface area contributed by atoms with Crippen LogP contribution in [-0.4, -0.2) is 29.9 Å². The molecule has 2 rings (SSSR count). The molecule has 1 N–H and O–H groups in total. The maximum atomic E-state index is 9.29. The van der Waals surface area contributed by atoms with Crippen molar-refractivity contribution in [1.82, 2.24) is 4.98 Å². The summed E-state index contributed by atoms with van der Waals surface area (Å²) in [6, 6.07) is 3.95. The van der Waals surface area contributed by atoms with Crippen molar-refractivity contribution >= 4 is 0 Å². The molecule has 1 fully saturated rings. The lowest BCUT2D eigenvalue weighted by atomic mass is 9.89. The van der Waals surface area contributed by atoms with Crippen molar-refractivity contribution in [3.05, 3.63) is 30.1 Å². The second-order valence-corrected chi connectivity index (χ2v) is 3.80. The fraction of sp³-hybridized carbons (Fsp3) is 0.545. The van der Waals surface area contributed by atoms with E-state index in [1.165, 1.54) is 5.56 Å². The molecule has 0 aliphatic carbocycles. The summed E-state index contributed by atoms with van der Waals surface area (Å²) in [5.41, 5.74) is 1.18. The predicted molar refractivity (Wildman–Crippen MR) is 53.0 cm³/mol. The molecule has 1 unspecified atom stereocenters. The van der Waals surface area contributed by atoms with Gasteiger partial charge in [0.05, 0.1) is 13.2 Å². The first-order valence-corrected chi connectivity index (χ1v) is 4.98. The Morgan fingerprint density at radius 3 is 2.64 bits per heavy atom. The van der Waals surface area contributed by atoms with E-state index in [0.29, 0.717) is 5.92 Å². The summed E-state index contributed by atoms with van der Waals surface area (Å²) < 4.78 is 5.12. The van der Waals surface area contributed by atoms with E-state index >= 15 is 0 Å². The van der Waals surface area contributed by atoms with Crippen molar-refractivity contribution in [2.75, 3.05) is 19.8 Å². The molecule has 0 aromatic carbocycles. The van der Waals surface area contributed by atoms with Crippen LogP contribution in [0.1, 0.15) is 17.9 Å². The maximum Gasteiger partial charge on any atom is 0.0516 e. The fourth-order valence-electron chi connectivity index (χ4n) is 1.77. The molecule has 3 heteroatoms. The summed E-state index contributed by atoms with van der Waals surface area (Å²) in [6.45, 7) is 1.91. The molecule has 1 aromatic rings. The van der Waals surface area contributed by atoms with E-state index in [2.05, 4.69) is 4.98 Å². The summed E-state index contributed by atoms with van der Waals surface area (Å²) in [5, 5.41) is 9.29. The highest BCUT2D eigenvalue weighted by Crippen LogP contribution is 2.26. The van der Waals surface area contributed by atoms with Gasteiger partial charge in [-0.05, 0) is 24.1 Å². The molecule has 1 saturated heterocycles. The average Bonchev–Trinajstić information content (AvgIpc) is 2.18. The molecule has 0 radical (unpaired) electrons. The molecule has 1 aliphatic heterocycles. The van der Waals surface area contributed by atoms with Crippen LogP contribution < -0.4 is 0 Å². The van der Waals surface area contributed by atoms with Crippen molar-refractivity contribution in [2.45, 2.75) is 12.3 Å². The molecule has 0 saturated carbocycles. The lowest BCUT2D eigenvalue weighted by molar-refractivity contribution is -0.0405. The number of nitrogens with zero attached hydrogens (tertiary/aromatic N) is 1. The van der Waals surface area contributed by atoms with Crippen LogP contribution in [0.25, 0.3) is 0 Å². The first-order valence-electron chi connectivity index (χ1n) is 4.98. The molecule has 0 amide bonds. The van der Waals surface area contributed by atoms with Crippen LogP contribution in [0.5, 0.6) is 0 Å². The van der Waals surface area contributed by atoms with Crippen LogP contribution in [0, 0.1) is 5.92 Å². The Balaban J connectivity index is 1.98. The maximum absolute atomic E-state index is 9.29. The molecule has 1 atom stereocenters. The minimum atomic E-state index is 0.209. The minimum absolute atomic E-state index is 0.209. The summed E-state index contributed by atoms with van der Waals surface area (Å²) in [4.78, 5) is 3.97. The number of aliphatic hydroxyl groups is 1. The molecular formula is C11H15NO2. The Hall–Kier alpha value is -0.930. The zero-order valence-electron chi connectivity index (χ0n) is 8.10. The number of hydrogen-bond acceptors (Lipinski definition) is 3. The van der Waals surface area contributed by atoms with Gasteiger partial charge in [-0.1, -0.05) is 0 Å². The Bertz CT molecular complexity index is 272. The second-order valence-electron chi connectivity index (χ2n) is 3.80. The summed E-state index contributed by atoms with van der Waals surface area (Å²) >= 11 is 0. The summed E-state index contributed by atoms with van der Waals surface area (Å²) in [5.74, 6) is 0.868. The Labute approximate surface area is 83.7 Å². The number of hydrogen-bond donors (Lipinski definition) is 1. The quantitative estimate of drug-likeness (QED) is 0.781. The largest absolute Gasteiger partial charge is 0.396 e. The van der Waals surface area contributed by atoms with Crippen molar-refractivity contribution < 1.29 is 9.84 Å². The number of ether oxygens (including phenoxy) is 1. The smallest absolute Gasteiger partial charge is 0.0516 e. The predicted octanol–water partition coefficient (Wildman–Crippen LogP) is 1.19. The number of pyridine rings is 1. The highest BCUT2D eigenvalue weighted by molar-refractivity contribution is 5.16. The molecule has 14 heavy (non-hydrogen) atoms. The van der Waals surface area contributed by atoms with Gasteiger partial charge in [-0.15, -0.1) is 0 Å². The van der Waals surface area contributed by atoms with Gasteiger partial charge in [-0.3, -0.25) is 4.98 Å². The topological polar surface area (TPSA) is 42.4 Å². The fourth-order valence-corrected chi connectivity index (χ4v) is 1.77. The van der Waals surface area contributed by atoms with Crippen LogP contribution in [0.2, 0.25) is 0 Å². The lowest BCUT2D eigenvalue weighted by Gasteiger charge is -2.29. The number of aliphatic hydroxyl groups excluding tert-OH is 1. The summed E-state index contributed by atoms with van der Waals surface area (Å²) in [6.07, 6.45) is 4.56. The van der Waals surface area contributed by atoms with Gasteiger partial charge in [-0.2, -0.15) is 0 Å². The van der Waals surface area contributed by atoms with E-state index in [9.17, 15) is 5.11 Å². The molecular weight excluding hydrogens is 178 g/mol. The zero-order chi connectivity index (χ0) is 9.80. The molecule has 0 spiro atoms. The SMILES string of the molecule is OCC(CC1COC1)c1ccncc1. The van der Waals surface area contributed by atoms with E-state index in [-0.39, 0.29) is 12.5 Å². The van der Waals surface area contributed by atoms with Crippen LogP contribution >= 0.6 is 0 Å². The molecule has 1 aliphatic rings. The third kappa shape index (κ3) is 2.11. The number of aromatic nitrogens is 1. The Kier molecular flexibility index (Phi) is 3.11. The molecule has 1 aromatic heterocycles. The van der Waals surface area contributed by atoms with Gasteiger partial charge in [-0.25, -0.2) is 0 Å². The van der Waals surface area contributed by atoms with Gasteiger partial charge < -0.3 is 9.84 Å². The van der Waals surface area contributed by atoms with Gasteiger partial charge in [0.15, 0.2) is 0 Å². The third-order valence-corrected chi connectivity index (χ3v) is 2.72. The van der Waals surface area contributed by atoms with Crippen molar-refractivity contribution in [3.8, 4) is 0 Å². The zero-order valence-corrected chi connectivity index (χ0v) is 8.10. The van der Waals surface area contributed by atoms with Crippen LogP contribution in [-0.2, 0) is 4.74 Å². The van der Waals surface area contributed by atoms with E-state index in [0.717, 1.165) is 19.6 Å². The van der Waals surface area contributed by atoms with E-state index in [4.69, 9.17) is 4.74 Å². The van der Waals surface area contributed by atoms with Gasteiger partial charge >= 0.3 is 0 Å². The highest BCUT2D eigenvalue weighted by Gasteiger charge is 2.23. The summed E-state index contributed by atoms with van der Waals surface area (Å²) in [7, 11) is 0. The molecule has 3 nitrogen and oxygen atoms in total. The standard InChI is InChI=1S/C11H15NO2/c13-6-11(5-9-7-14-8-9)10-1-3-12-4-2-10/h1-4,9,11,13H,5-8H2. The molecule has 0 bridgehead atoms. The van der Waals surface area contributed by atoms with Crippen molar-refractivity contribution in [1.29, 1.82) is 0 Å². The number of rotatable bonds is 4. The van der Waals surface area contributed by atoms with E-state index in [1.54, 1.807) is 12.4 Å². The van der Waals surface area contributed by atoms with Gasteiger partial charge in [0.2, 0.25) is 0 Å². The monoisotopic (exact) mass is 193 g/mol. The van der Waals surface area contributed by atoms with Gasteiger partial charge in [0, 0.05) is 30.8 Å². The van der Waals surface area contributed by atoms with Gasteiger partial charge in [0.1, 0.15) is 0 Å². The average molecular weight is 193 g/mol. The molecule has 76 valence electrons. The Morgan fingerprint density at radius 1 is 1.43 bits per heavy atom. The normalized spacial score (nSPS) is 18.9. The highest BCUT2D eigenvalue weighted by atomic mass is 16.5. The van der Waals surface area contributed by atoms with Gasteiger partial charge in [0.25, 0.3) is 0 Å². The third-order valence-electron chi connectivity index (χ3n) is 2.72. The Morgan fingerprint density at radius 2 is 2.14 bits per heavy atom. The lowest BCUT2D eigenvalue weighted by Crippen LogP contribution is -2.29. The van der Waals surface area contributed by atoms with Crippen LogP contribution in [0.15, 0.2) is 24.5 Å². The first kappa shape index (κ1) is 9.62. The van der Waals surface area contributed by atoms with Crippen LogP contribution in [0.3, 0.4) is 0 Å². The molecule has 2 heterocycles. The van der Waals surface area contributed by atoms with Crippen molar-refractivity contribution in [3.63, 3.8) is 0 Å². The van der Waals surface area contributed by atoms with Crippen molar-refractivity contribution in [2.24, 2.45) is 5.92 Å². The minimum Gasteiger partial charge on any atom is -0.396 e. The van der Waals surface area contributed by atoms with E-state index in [1.807, 2.05) is 12.1 Å². The second kappa shape index (κ2) is 4.53. The first-order chi connectivity index (χ1) is 6.90. The van der Waals surface area contributed by atoms with Crippen LogP contribution in [0.4, 0.5) is 0 Å². The van der Waals surface area contributed by atoms with E-state index < -0.39 is 0 Å².